The lowest BCUT2D eigenvalue weighted by Crippen LogP contribution is -2.45. The predicted octanol–water partition coefficient (Wildman–Crippen LogP) is 2.61. The van der Waals surface area contributed by atoms with Crippen LogP contribution >= 0.6 is 0 Å². The zero-order valence-corrected chi connectivity index (χ0v) is 16.8. The van der Waals surface area contributed by atoms with Crippen LogP contribution in [0.3, 0.4) is 0 Å². The van der Waals surface area contributed by atoms with Crippen molar-refractivity contribution in [2.75, 3.05) is 20.1 Å². The molecule has 2 heterocycles. The number of guanidine groups is 1. The highest BCUT2D eigenvalue weighted by Gasteiger charge is 2.30. The molecule has 2 N–H and O–H groups in total. The number of aliphatic imine (C=N–C) groups is 1. The smallest absolute Gasteiger partial charge is 0.191 e. The van der Waals surface area contributed by atoms with Crippen LogP contribution in [-0.4, -0.2) is 52.9 Å². The quantitative estimate of drug-likeness (QED) is 0.597. The predicted molar refractivity (Wildman–Crippen MR) is 113 cm³/mol. The summed E-state index contributed by atoms with van der Waals surface area (Å²) in [5, 5.41) is 11.4. The van der Waals surface area contributed by atoms with E-state index in [9.17, 15) is 0 Å². The van der Waals surface area contributed by atoms with Crippen molar-refractivity contribution in [2.24, 2.45) is 4.99 Å². The first-order valence-corrected chi connectivity index (χ1v) is 10.6. The number of hydrogen-bond acceptors (Lipinski definition) is 3. The molecule has 1 aromatic heterocycles. The van der Waals surface area contributed by atoms with Gasteiger partial charge in [-0.2, -0.15) is 5.10 Å². The van der Waals surface area contributed by atoms with Gasteiger partial charge in [-0.25, -0.2) is 0 Å². The summed E-state index contributed by atoms with van der Waals surface area (Å²) in [6.45, 7) is 3.93. The molecule has 1 saturated heterocycles. The van der Waals surface area contributed by atoms with Crippen molar-refractivity contribution >= 4 is 5.96 Å². The molecule has 2 aliphatic rings. The monoisotopic (exact) mass is 380 g/mol. The summed E-state index contributed by atoms with van der Waals surface area (Å²) in [5.74, 6) is 0.899. The summed E-state index contributed by atoms with van der Waals surface area (Å²) in [4.78, 5) is 7.11. The maximum Gasteiger partial charge on any atom is 0.191 e. The summed E-state index contributed by atoms with van der Waals surface area (Å²) >= 11 is 0. The van der Waals surface area contributed by atoms with E-state index in [0.29, 0.717) is 6.04 Å². The van der Waals surface area contributed by atoms with Gasteiger partial charge < -0.3 is 10.6 Å². The van der Waals surface area contributed by atoms with Crippen LogP contribution in [0.1, 0.15) is 43.2 Å². The fourth-order valence-corrected chi connectivity index (χ4v) is 4.50. The van der Waals surface area contributed by atoms with Crippen LogP contribution in [0, 0.1) is 0 Å². The number of aromatic nitrogens is 2. The molecule has 1 aliphatic carbocycles. The van der Waals surface area contributed by atoms with E-state index >= 15 is 0 Å². The molecule has 150 valence electrons. The third-order valence-corrected chi connectivity index (χ3v) is 5.98. The van der Waals surface area contributed by atoms with Crippen LogP contribution in [0.4, 0.5) is 0 Å². The largest absolute Gasteiger partial charge is 0.352 e. The lowest BCUT2D eigenvalue weighted by Gasteiger charge is -2.24. The first kappa shape index (κ1) is 19.0. The third-order valence-electron chi connectivity index (χ3n) is 5.98. The number of rotatable bonds is 6. The minimum atomic E-state index is 0.498. The van der Waals surface area contributed by atoms with E-state index in [2.05, 4.69) is 49.9 Å². The Labute approximate surface area is 168 Å². The lowest BCUT2D eigenvalue weighted by atomic mass is 10.1. The molecule has 1 aliphatic heterocycles. The van der Waals surface area contributed by atoms with Gasteiger partial charge in [-0.3, -0.25) is 14.6 Å². The Morgan fingerprint density at radius 1 is 1.18 bits per heavy atom. The Hall–Kier alpha value is -2.34. The first-order valence-electron chi connectivity index (χ1n) is 10.6. The van der Waals surface area contributed by atoms with E-state index < -0.39 is 0 Å². The van der Waals surface area contributed by atoms with E-state index in [-0.39, 0.29) is 0 Å². The number of nitrogens with zero attached hydrogens (tertiary/aromatic N) is 4. The van der Waals surface area contributed by atoms with Crippen LogP contribution in [0.15, 0.2) is 47.7 Å². The van der Waals surface area contributed by atoms with Gasteiger partial charge in [-0.15, -0.1) is 0 Å². The van der Waals surface area contributed by atoms with Crippen LogP contribution in [0.25, 0.3) is 0 Å². The van der Waals surface area contributed by atoms with Gasteiger partial charge >= 0.3 is 0 Å². The van der Waals surface area contributed by atoms with Crippen LogP contribution in [0.2, 0.25) is 0 Å². The van der Waals surface area contributed by atoms with Crippen molar-refractivity contribution in [1.82, 2.24) is 25.3 Å². The van der Waals surface area contributed by atoms with Gasteiger partial charge in [0.05, 0.1) is 6.54 Å². The Balaban J connectivity index is 1.26. The van der Waals surface area contributed by atoms with E-state index in [1.807, 2.05) is 30.2 Å². The van der Waals surface area contributed by atoms with Gasteiger partial charge in [0, 0.05) is 51.2 Å². The Kier molecular flexibility index (Phi) is 6.27. The molecule has 0 amide bonds. The van der Waals surface area contributed by atoms with E-state index in [1.54, 1.807) is 0 Å². The van der Waals surface area contributed by atoms with Gasteiger partial charge in [0.2, 0.25) is 0 Å². The zero-order chi connectivity index (χ0) is 19.2. The van der Waals surface area contributed by atoms with Crippen molar-refractivity contribution in [3.63, 3.8) is 0 Å². The molecule has 0 spiro atoms. The van der Waals surface area contributed by atoms with Crippen molar-refractivity contribution in [2.45, 2.75) is 57.3 Å². The summed E-state index contributed by atoms with van der Waals surface area (Å²) < 4.78 is 1.95. The average Bonchev–Trinajstić information content (AvgIpc) is 3.47. The number of likely N-dealkylation sites (tertiary alicyclic amines) is 1. The molecule has 1 saturated carbocycles. The summed E-state index contributed by atoms with van der Waals surface area (Å²) in [6.07, 6.45) is 10.6. The number of benzene rings is 1. The molecule has 6 nitrogen and oxygen atoms in total. The Morgan fingerprint density at radius 3 is 2.82 bits per heavy atom. The molecule has 1 atom stereocenters. The lowest BCUT2D eigenvalue weighted by molar-refractivity contribution is 0.242. The second kappa shape index (κ2) is 9.24. The molecule has 6 heteroatoms. The summed E-state index contributed by atoms with van der Waals surface area (Å²) in [5.41, 5.74) is 2.51. The minimum absolute atomic E-state index is 0.498. The molecule has 0 radical (unpaired) electrons. The topological polar surface area (TPSA) is 57.5 Å². The van der Waals surface area contributed by atoms with Crippen LogP contribution in [-0.2, 0) is 13.1 Å². The molecular formula is C22H32N6. The minimum Gasteiger partial charge on any atom is -0.352 e. The van der Waals surface area contributed by atoms with Gasteiger partial charge in [-0.1, -0.05) is 37.1 Å². The maximum absolute atomic E-state index is 4.43. The molecule has 0 bridgehead atoms. The molecule has 1 aromatic carbocycles. The first-order chi connectivity index (χ1) is 13.8. The number of nitrogens with one attached hydrogen (secondary N) is 2. The molecule has 2 aromatic rings. The average molecular weight is 381 g/mol. The standard InChI is InChI=1S/C22H32N6/c1-23-22(26-20-10-13-27(17-20)21-8-2-3-9-21)24-15-18-6-4-7-19(14-18)16-28-12-5-11-25-28/h4-7,11-12,14,20-21H,2-3,8-10,13,15-17H2,1H3,(H2,23,24,26). The number of hydrogen-bond donors (Lipinski definition) is 2. The summed E-state index contributed by atoms with van der Waals surface area (Å²) in [7, 11) is 1.85. The Bertz CT molecular complexity index is 763. The van der Waals surface area contributed by atoms with Gasteiger partial charge in [0.25, 0.3) is 0 Å². The van der Waals surface area contributed by atoms with Crippen molar-refractivity contribution in [3.05, 3.63) is 53.9 Å². The highest BCUT2D eigenvalue weighted by atomic mass is 15.3. The third kappa shape index (κ3) is 4.93. The molecule has 28 heavy (non-hydrogen) atoms. The second-order valence-corrected chi connectivity index (χ2v) is 8.01. The van der Waals surface area contributed by atoms with Gasteiger partial charge in [0.1, 0.15) is 0 Å². The second-order valence-electron chi connectivity index (χ2n) is 8.01. The maximum atomic E-state index is 4.43. The van der Waals surface area contributed by atoms with Crippen LogP contribution < -0.4 is 10.6 Å². The van der Waals surface area contributed by atoms with Gasteiger partial charge in [0.15, 0.2) is 5.96 Å². The van der Waals surface area contributed by atoms with Crippen molar-refractivity contribution in [1.29, 1.82) is 0 Å². The fraction of sp³-hybridized carbons (Fsp3) is 0.545. The highest BCUT2D eigenvalue weighted by Crippen LogP contribution is 2.26. The van der Waals surface area contributed by atoms with Crippen LogP contribution in [0.5, 0.6) is 0 Å². The van der Waals surface area contributed by atoms with E-state index in [0.717, 1.165) is 31.6 Å². The summed E-state index contributed by atoms with van der Waals surface area (Å²) in [6, 6.07) is 11.9. The zero-order valence-electron chi connectivity index (χ0n) is 16.8. The molecule has 1 unspecified atom stereocenters. The van der Waals surface area contributed by atoms with E-state index in [4.69, 9.17) is 0 Å². The highest BCUT2D eigenvalue weighted by molar-refractivity contribution is 5.80. The molecule has 4 rings (SSSR count). The molecular weight excluding hydrogens is 348 g/mol. The SMILES string of the molecule is CN=C(NCc1cccc(Cn2cccn2)c1)NC1CCN(C2CCCC2)C1. The fourth-order valence-electron chi connectivity index (χ4n) is 4.50. The van der Waals surface area contributed by atoms with Gasteiger partial charge in [-0.05, 0) is 36.5 Å². The van der Waals surface area contributed by atoms with Crippen molar-refractivity contribution in [3.8, 4) is 0 Å². The Morgan fingerprint density at radius 2 is 2.04 bits per heavy atom. The molecule has 2 fully saturated rings. The normalized spacial score (nSPS) is 21.3. The van der Waals surface area contributed by atoms with E-state index in [1.165, 1.54) is 49.8 Å². The van der Waals surface area contributed by atoms with Crippen molar-refractivity contribution < 1.29 is 0 Å².